The first kappa shape index (κ1) is 16.6. The number of carbonyl (C=O) groups is 2. The number of carbonyl (C=O) groups excluding carboxylic acids is 2. The number of amides is 2. The standard InChI is InChI=1S/C14H19N3O2/c1-5-6-12(2)9-16-10-13(3)17(11-18)8-7-14(19)15-4/h5-11H,2H2,1,3-4H3,(H,15,19)/b6-5-,8-7-,13-10+,16-9?. The molecule has 0 radical (unpaired) electrons. The molecule has 1 N–H and O–H groups in total. The number of rotatable bonds is 7. The van der Waals surface area contributed by atoms with Crippen LogP contribution in [0.15, 0.2) is 53.5 Å². The summed E-state index contributed by atoms with van der Waals surface area (Å²) < 4.78 is 0. The molecule has 19 heavy (non-hydrogen) atoms. The molecule has 2 amide bonds. The minimum Gasteiger partial charge on any atom is -0.356 e. The van der Waals surface area contributed by atoms with Gasteiger partial charge in [0.2, 0.25) is 12.3 Å². The van der Waals surface area contributed by atoms with E-state index in [0.717, 1.165) is 5.57 Å². The van der Waals surface area contributed by atoms with Gasteiger partial charge in [-0.1, -0.05) is 18.7 Å². The Hall–Kier alpha value is -2.43. The molecule has 0 aromatic carbocycles. The molecule has 0 aliphatic rings. The van der Waals surface area contributed by atoms with Crippen molar-refractivity contribution in [2.45, 2.75) is 13.8 Å². The van der Waals surface area contributed by atoms with Gasteiger partial charge in [0, 0.05) is 37.4 Å². The normalized spacial score (nSPS) is 12.3. The molecule has 0 heterocycles. The van der Waals surface area contributed by atoms with Crippen molar-refractivity contribution in [3.63, 3.8) is 0 Å². The van der Waals surface area contributed by atoms with Crippen LogP contribution in [0.2, 0.25) is 0 Å². The first-order valence-corrected chi connectivity index (χ1v) is 5.70. The van der Waals surface area contributed by atoms with Gasteiger partial charge < -0.3 is 5.32 Å². The van der Waals surface area contributed by atoms with E-state index in [0.29, 0.717) is 12.1 Å². The Morgan fingerprint density at radius 2 is 2.05 bits per heavy atom. The van der Waals surface area contributed by atoms with E-state index < -0.39 is 0 Å². The molecule has 0 aromatic rings. The Bertz CT molecular complexity index is 446. The van der Waals surface area contributed by atoms with Crippen LogP contribution in [0.5, 0.6) is 0 Å². The van der Waals surface area contributed by atoms with Crippen molar-refractivity contribution in [3.05, 3.63) is 48.5 Å². The average molecular weight is 261 g/mol. The van der Waals surface area contributed by atoms with Gasteiger partial charge in [-0.05, 0) is 19.4 Å². The SMILES string of the molecule is C=C(C=N/C=C(\C)N(C=O)/C=C\C(=O)NC)/C=C\C. The summed E-state index contributed by atoms with van der Waals surface area (Å²) >= 11 is 0. The third-order valence-electron chi connectivity index (χ3n) is 2.04. The van der Waals surface area contributed by atoms with Crippen molar-refractivity contribution in [2.75, 3.05) is 7.05 Å². The van der Waals surface area contributed by atoms with Gasteiger partial charge in [0.15, 0.2) is 0 Å². The van der Waals surface area contributed by atoms with E-state index in [4.69, 9.17) is 0 Å². The number of aliphatic imine (C=N–C) groups is 1. The lowest BCUT2D eigenvalue weighted by molar-refractivity contribution is -0.116. The van der Waals surface area contributed by atoms with E-state index in [1.54, 1.807) is 13.1 Å². The third kappa shape index (κ3) is 7.49. The highest BCUT2D eigenvalue weighted by Gasteiger charge is 1.99. The Labute approximate surface area is 113 Å². The van der Waals surface area contributed by atoms with Crippen molar-refractivity contribution in [1.82, 2.24) is 10.2 Å². The Kier molecular flexibility index (Phi) is 8.36. The highest BCUT2D eigenvalue weighted by Crippen LogP contribution is 2.01. The van der Waals surface area contributed by atoms with Crippen molar-refractivity contribution in [3.8, 4) is 0 Å². The molecule has 0 rings (SSSR count). The van der Waals surface area contributed by atoms with E-state index in [1.807, 2.05) is 19.1 Å². The molecule has 0 fully saturated rings. The molecule has 0 saturated carbocycles. The van der Waals surface area contributed by atoms with Crippen LogP contribution in [0.1, 0.15) is 13.8 Å². The Morgan fingerprint density at radius 3 is 2.58 bits per heavy atom. The summed E-state index contributed by atoms with van der Waals surface area (Å²) in [7, 11) is 1.51. The van der Waals surface area contributed by atoms with Gasteiger partial charge in [0.1, 0.15) is 0 Å². The van der Waals surface area contributed by atoms with Crippen LogP contribution in [0.4, 0.5) is 0 Å². The lowest BCUT2D eigenvalue weighted by Crippen LogP contribution is -2.17. The maximum absolute atomic E-state index is 11.0. The quantitative estimate of drug-likeness (QED) is 0.328. The summed E-state index contributed by atoms with van der Waals surface area (Å²) in [6.45, 7) is 7.35. The molecule has 0 unspecified atom stereocenters. The molecule has 0 spiro atoms. The zero-order valence-corrected chi connectivity index (χ0v) is 11.5. The predicted octanol–water partition coefficient (Wildman–Crippen LogP) is 1.77. The maximum atomic E-state index is 11.0. The smallest absolute Gasteiger partial charge is 0.245 e. The van der Waals surface area contributed by atoms with Gasteiger partial charge in [-0.15, -0.1) is 0 Å². The van der Waals surface area contributed by atoms with Gasteiger partial charge in [-0.25, -0.2) is 0 Å². The van der Waals surface area contributed by atoms with Gasteiger partial charge in [-0.2, -0.15) is 0 Å². The highest BCUT2D eigenvalue weighted by molar-refractivity contribution is 5.87. The second-order valence-electron chi connectivity index (χ2n) is 3.57. The van der Waals surface area contributed by atoms with Gasteiger partial charge in [0.05, 0.1) is 0 Å². The lowest BCUT2D eigenvalue weighted by atomic mass is 10.3. The molecule has 0 bridgehead atoms. The lowest BCUT2D eigenvalue weighted by Gasteiger charge is -2.10. The molecular weight excluding hydrogens is 242 g/mol. The van der Waals surface area contributed by atoms with E-state index in [1.165, 1.54) is 30.4 Å². The summed E-state index contributed by atoms with van der Waals surface area (Å²) in [6.07, 6.45) is 9.99. The van der Waals surface area contributed by atoms with Gasteiger partial charge >= 0.3 is 0 Å². The highest BCUT2D eigenvalue weighted by atomic mass is 16.1. The average Bonchev–Trinajstić information content (AvgIpc) is 2.39. The fourth-order valence-corrected chi connectivity index (χ4v) is 1.03. The van der Waals surface area contributed by atoms with Crippen molar-refractivity contribution in [2.24, 2.45) is 4.99 Å². The molecular formula is C14H19N3O2. The zero-order valence-electron chi connectivity index (χ0n) is 11.5. The first-order valence-electron chi connectivity index (χ1n) is 5.70. The monoisotopic (exact) mass is 261 g/mol. The van der Waals surface area contributed by atoms with E-state index in [2.05, 4.69) is 16.9 Å². The summed E-state index contributed by atoms with van der Waals surface area (Å²) in [5, 5.41) is 2.42. The summed E-state index contributed by atoms with van der Waals surface area (Å²) in [4.78, 5) is 27.2. The van der Waals surface area contributed by atoms with Crippen LogP contribution in [0.3, 0.4) is 0 Å². The molecule has 0 aromatic heterocycles. The van der Waals surface area contributed by atoms with Crippen LogP contribution in [-0.2, 0) is 9.59 Å². The second-order valence-corrected chi connectivity index (χ2v) is 3.57. The molecule has 0 aliphatic carbocycles. The van der Waals surface area contributed by atoms with Crippen LogP contribution >= 0.6 is 0 Å². The molecule has 0 atom stereocenters. The van der Waals surface area contributed by atoms with E-state index >= 15 is 0 Å². The third-order valence-corrected chi connectivity index (χ3v) is 2.04. The fraction of sp³-hybridized carbons (Fsp3) is 0.214. The van der Waals surface area contributed by atoms with E-state index in [-0.39, 0.29) is 5.91 Å². The van der Waals surface area contributed by atoms with Crippen LogP contribution in [0, 0.1) is 0 Å². The maximum Gasteiger partial charge on any atom is 0.245 e. The van der Waals surface area contributed by atoms with Gasteiger partial charge in [0.25, 0.3) is 0 Å². The van der Waals surface area contributed by atoms with Crippen molar-refractivity contribution < 1.29 is 9.59 Å². The summed E-state index contributed by atoms with van der Waals surface area (Å²) in [6, 6.07) is 0. The molecule has 102 valence electrons. The number of hydrogen-bond acceptors (Lipinski definition) is 3. The van der Waals surface area contributed by atoms with E-state index in [9.17, 15) is 9.59 Å². The van der Waals surface area contributed by atoms with Gasteiger partial charge in [-0.3, -0.25) is 19.5 Å². The number of nitrogens with zero attached hydrogens (tertiary/aromatic N) is 2. The topological polar surface area (TPSA) is 61.8 Å². The zero-order chi connectivity index (χ0) is 14.7. The number of allylic oxidation sites excluding steroid dienone is 4. The number of nitrogens with one attached hydrogen (secondary N) is 1. The van der Waals surface area contributed by atoms with Crippen molar-refractivity contribution >= 4 is 18.5 Å². The van der Waals surface area contributed by atoms with Crippen LogP contribution in [0.25, 0.3) is 0 Å². The molecule has 5 heteroatoms. The van der Waals surface area contributed by atoms with Crippen molar-refractivity contribution in [1.29, 1.82) is 0 Å². The first-order chi connectivity index (χ1) is 9.04. The van der Waals surface area contributed by atoms with Crippen LogP contribution < -0.4 is 5.32 Å². The minimum atomic E-state index is -0.287. The second kappa shape index (κ2) is 9.58. The molecule has 0 saturated heterocycles. The molecule has 5 nitrogen and oxygen atoms in total. The van der Waals surface area contributed by atoms with Crippen LogP contribution in [-0.4, -0.2) is 30.5 Å². The predicted molar refractivity (Wildman–Crippen MR) is 77.3 cm³/mol. The Balaban J connectivity index is 4.71. The number of likely N-dealkylation sites (N-methyl/N-ethyl adjacent to an activating group) is 1. The Morgan fingerprint density at radius 1 is 1.37 bits per heavy atom. The fourth-order valence-electron chi connectivity index (χ4n) is 1.03. The summed E-state index contributed by atoms with van der Waals surface area (Å²) in [5.41, 5.74) is 1.34. The molecule has 0 aliphatic heterocycles. The minimum absolute atomic E-state index is 0.287. The summed E-state index contributed by atoms with van der Waals surface area (Å²) in [5.74, 6) is -0.287. The number of hydrogen-bond donors (Lipinski definition) is 1. The largest absolute Gasteiger partial charge is 0.356 e.